The first-order valence-corrected chi connectivity index (χ1v) is 15.2. The van der Waals surface area contributed by atoms with Gasteiger partial charge in [0.15, 0.2) is 9.84 Å². The van der Waals surface area contributed by atoms with Crippen molar-refractivity contribution in [1.82, 2.24) is 9.47 Å². The van der Waals surface area contributed by atoms with Gasteiger partial charge in [-0.05, 0) is 80.7 Å². The zero-order chi connectivity index (χ0) is 27.0. The Morgan fingerprint density at radius 3 is 2.50 bits per heavy atom. The Hall–Kier alpha value is -2.84. The Kier molecular flexibility index (Phi) is 7.56. The molecule has 2 heterocycles. The van der Waals surface area contributed by atoms with Crippen LogP contribution in [0.1, 0.15) is 59.5 Å². The molecular weight excluding hydrogens is 500 g/mol. The third kappa shape index (κ3) is 4.96. The Morgan fingerprint density at radius 2 is 1.82 bits per heavy atom. The fraction of sp³-hybridized carbons (Fsp3) is 0.500. The van der Waals surface area contributed by atoms with Crippen molar-refractivity contribution in [2.45, 2.75) is 56.2 Å². The molecule has 1 atom stereocenters. The highest BCUT2D eigenvalue weighted by Gasteiger charge is 2.35. The van der Waals surface area contributed by atoms with E-state index in [1.807, 2.05) is 49.3 Å². The maximum atomic E-state index is 13.7. The van der Waals surface area contributed by atoms with Crippen LogP contribution in [0.25, 0.3) is 22.2 Å². The molecule has 1 aliphatic carbocycles. The number of nitrogens with zero attached hydrogens (tertiary/aromatic N) is 2. The van der Waals surface area contributed by atoms with Crippen LogP contribution in [0.4, 0.5) is 0 Å². The number of hydrogen-bond acceptors (Lipinski definition) is 6. The zero-order valence-electron chi connectivity index (χ0n) is 22.8. The average Bonchev–Trinajstić information content (AvgIpc) is 3.13. The topological polar surface area (TPSA) is 77.8 Å². The lowest BCUT2D eigenvalue weighted by molar-refractivity contribution is 0.0601. The van der Waals surface area contributed by atoms with Gasteiger partial charge in [0.1, 0.15) is 5.75 Å². The highest BCUT2D eigenvalue weighted by molar-refractivity contribution is 7.92. The van der Waals surface area contributed by atoms with Crippen molar-refractivity contribution in [1.29, 1.82) is 0 Å². The molecule has 1 aliphatic heterocycles. The summed E-state index contributed by atoms with van der Waals surface area (Å²) in [5.74, 6) is 0.824. The predicted octanol–water partition coefficient (Wildman–Crippen LogP) is 5.05. The zero-order valence-corrected chi connectivity index (χ0v) is 23.6. The highest BCUT2D eigenvalue weighted by Crippen LogP contribution is 2.47. The SMILES string of the molecule is COC(=O)c1ccc2c(C3CCCCC3)c3n(c2c1)CC(S(=O)(=O)CCN(C)C)Cc1cc(OC)ccc1-3. The van der Waals surface area contributed by atoms with Gasteiger partial charge in [-0.2, -0.15) is 0 Å². The molecule has 0 spiro atoms. The number of sulfone groups is 1. The first-order chi connectivity index (χ1) is 18.2. The van der Waals surface area contributed by atoms with Crippen LogP contribution in [0.2, 0.25) is 0 Å². The average molecular weight is 539 g/mol. The van der Waals surface area contributed by atoms with Crippen LogP contribution in [0, 0.1) is 0 Å². The number of rotatable bonds is 7. The van der Waals surface area contributed by atoms with E-state index in [-0.39, 0.29) is 5.75 Å². The lowest BCUT2D eigenvalue weighted by atomic mass is 9.81. The minimum absolute atomic E-state index is 0.0986. The fourth-order valence-electron chi connectivity index (χ4n) is 6.23. The van der Waals surface area contributed by atoms with Crippen LogP contribution in [0.5, 0.6) is 5.75 Å². The number of carbonyl (C=O) groups excluding carboxylic acids is 1. The van der Waals surface area contributed by atoms with E-state index in [2.05, 4.69) is 10.6 Å². The number of aromatic nitrogens is 1. The van der Waals surface area contributed by atoms with Crippen molar-refractivity contribution in [3.05, 3.63) is 53.1 Å². The van der Waals surface area contributed by atoms with E-state index in [0.29, 0.717) is 31.0 Å². The lowest BCUT2D eigenvalue weighted by Crippen LogP contribution is -2.33. The van der Waals surface area contributed by atoms with Crippen LogP contribution in [0.3, 0.4) is 0 Å². The summed E-state index contributed by atoms with van der Waals surface area (Å²) in [7, 11) is 3.40. The molecule has 0 amide bonds. The van der Waals surface area contributed by atoms with E-state index in [0.717, 1.165) is 46.3 Å². The predicted molar refractivity (Wildman–Crippen MR) is 151 cm³/mol. The van der Waals surface area contributed by atoms with E-state index in [1.165, 1.54) is 31.9 Å². The van der Waals surface area contributed by atoms with Crippen LogP contribution in [0.15, 0.2) is 36.4 Å². The third-order valence-corrected chi connectivity index (χ3v) is 10.4. The van der Waals surface area contributed by atoms with Crippen LogP contribution >= 0.6 is 0 Å². The molecule has 0 saturated heterocycles. The molecule has 2 aliphatic rings. The molecule has 38 heavy (non-hydrogen) atoms. The van der Waals surface area contributed by atoms with Gasteiger partial charge in [0.25, 0.3) is 0 Å². The van der Waals surface area contributed by atoms with Crippen molar-refractivity contribution in [3.63, 3.8) is 0 Å². The molecule has 1 aromatic heterocycles. The molecule has 1 unspecified atom stereocenters. The lowest BCUT2D eigenvalue weighted by Gasteiger charge is -2.24. The molecule has 0 bridgehead atoms. The van der Waals surface area contributed by atoms with Crippen molar-refractivity contribution >= 4 is 26.7 Å². The van der Waals surface area contributed by atoms with Crippen molar-refractivity contribution < 1.29 is 22.7 Å². The molecule has 0 radical (unpaired) electrons. The summed E-state index contributed by atoms with van der Waals surface area (Å²) < 4.78 is 40.2. The van der Waals surface area contributed by atoms with Gasteiger partial charge in [0.05, 0.1) is 36.5 Å². The van der Waals surface area contributed by atoms with Gasteiger partial charge in [0, 0.05) is 29.6 Å². The number of esters is 1. The minimum atomic E-state index is -3.42. The molecule has 1 saturated carbocycles. The second kappa shape index (κ2) is 10.7. The summed E-state index contributed by atoms with van der Waals surface area (Å²) in [4.78, 5) is 14.4. The minimum Gasteiger partial charge on any atom is -0.497 e. The van der Waals surface area contributed by atoms with Gasteiger partial charge in [-0.15, -0.1) is 0 Å². The van der Waals surface area contributed by atoms with E-state index < -0.39 is 21.1 Å². The number of hydrogen-bond donors (Lipinski definition) is 0. The number of carbonyl (C=O) groups is 1. The molecule has 8 heteroatoms. The Labute approximate surface area is 225 Å². The maximum absolute atomic E-state index is 13.7. The monoisotopic (exact) mass is 538 g/mol. The second-order valence-corrected chi connectivity index (χ2v) is 13.4. The fourth-order valence-corrected chi connectivity index (χ4v) is 8.00. The highest BCUT2D eigenvalue weighted by atomic mass is 32.2. The Morgan fingerprint density at radius 1 is 1.05 bits per heavy atom. The molecule has 3 aromatic rings. The normalized spacial score (nSPS) is 18.2. The molecular formula is C30H38N2O5S. The first-order valence-electron chi connectivity index (χ1n) is 13.5. The number of ether oxygens (including phenoxy) is 2. The van der Waals surface area contributed by atoms with Gasteiger partial charge >= 0.3 is 5.97 Å². The van der Waals surface area contributed by atoms with Crippen molar-refractivity contribution in [3.8, 4) is 17.0 Å². The van der Waals surface area contributed by atoms with Gasteiger partial charge in [0.2, 0.25) is 0 Å². The standard InChI is InChI=1S/C30H38N2O5S/c1-31(2)14-15-38(34,35)24-17-22-16-23(36-3)11-13-25(22)29-28(20-8-6-5-7-9-20)26-12-10-21(30(33)37-4)18-27(26)32(29)19-24/h10-13,16,18,20,24H,5-9,14-15,17,19H2,1-4H3. The van der Waals surface area contributed by atoms with Gasteiger partial charge < -0.3 is 18.9 Å². The molecule has 0 N–H and O–H groups in total. The smallest absolute Gasteiger partial charge is 0.337 e. The van der Waals surface area contributed by atoms with Crippen molar-refractivity contribution in [2.24, 2.45) is 0 Å². The number of benzene rings is 2. The van der Waals surface area contributed by atoms with Gasteiger partial charge in [-0.1, -0.05) is 25.3 Å². The second-order valence-electron chi connectivity index (χ2n) is 11.0. The van der Waals surface area contributed by atoms with Gasteiger partial charge in [-0.25, -0.2) is 13.2 Å². The Balaban J connectivity index is 1.78. The van der Waals surface area contributed by atoms with E-state index in [9.17, 15) is 13.2 Å². The summed E-state index contributed by atoms with van der Waals surface area (Å²) >= 11 is 0. The number of methoxy groups -OCH3 is 2. The van der Waals surface area contributed by atoms with Gasteiger partial charge in [-0.3, -0.25) is 0 Å². The van der Waals surface area contributed by atoms with E-state index >= 15 is 0 Å². The van der Waals surface area contributed by atoms with Crippen LogP contribution in [-0.4, -0.2) is 69.7 Å². The van der Waals surface area contributed by atoms with E-state index in [4.69, 9.17) is 9.47 Å². The summed E-state index contributed by atoms with van der Waals surface area (Å²) in [6.45, 7) is 0.818. The van der Waals surface area contributed by atoms with E-state index in [1.54, 1.807) is 7.11 Å². The molecule has 5 rings (SSSR count). The maximum Gasteiger partial charge on any atom is 0.337 e. The molecule has 204 valence electrons. The molecule has 2 aromatic carbocycles. The van der Waals surface area contributed by atoms with Crippen LogP contribution < -0.4 is 4.74 Å². The Bertz CT molecular complexity index is 1450. The largest absolute Gasteiger partial charge is 0.497 e. The van der Waals surface area contributed by atoms with Crippen LogP contribution in [-0.2, 0) is 27.5 Å². The summed E-state index contributed by atoms with van der Waals surface area (Å²) in [6, 6.07) is 11.8. The summed E-state index contributed by atoms with van der Waals surface area (Å²) in [5, 5.41) is 0.513. The number of fused-ring (bicyclic) bond motifs is 5. The summed E-state index contributed by atoms with van der Waals surface area (Å²) in [5.41, 5.74) is 5.81. The van der Waals surface area contributed by atoms with Crippen molar-refractivity contribution in [2.75, 3.05) is 40.6 Å². The first kappa shape index (κ1) is 26.8. The summed E-state index contributed by atoms with van der Waals surface area (Å²) in [6.07, 6.45) is 6.27. The quantitative estimate of drug-likeness (QED) is 0.392. The molecule has 1 fully saturated rings. The third-order valence-electron chi connectivity index (χ3n) is 8.27. The molecule has 7 nitrogen and oxygen atoms in total.